The van der Waals surface area contributed by atoms with Gasteiger partial charge < -0.3 is 14.2 Å². The number of rotatable bonds is 47. The minimum atomic E-state index is -0.799. The van der Waals surface area contributed by atoms with Crippen LogP contribution in [0, 0.1) is 0 Å². The third-order valence-corrected chi connectivity index (χ3v) is 11.1. The zero-order valence-electron chi connectivity index (χ0n) is 41.8. The first-order chi connectivity index (χ1) is 31.5. The second kappa shape index (κ2) is 52.2. The van der Waals surface area contributed by atoms with Crippen LogP contribution in [0.25, 0.3) is 0 Å². The van der Waals surface area contributed by atoms with Gasteiger partial charge in [-0.1, -0.05) is 196 Å². The van der Waals surface area contributed by atoms with Crippen LogP contribution in [0.5, 0.6) is 0 Å². The second-order valence-corrected chi connectivity index (χ2v) is 17.4. The van der Waals surface area contributed by atoms with Crippen LogP contribution in [0.1, 0.15) is 245 Å². The summed E-state index contributed by atoms with van der Waals surface area (Å²) in [6.45, 7) is 6.44. The molecule has 0 N–H and O–H groups in total. The third-order valence-electron chi connectivity index (χ3n) is 11.1. The van der Waals surface area contributed by atoms with E-state index in [1.165, 1.54) is 83.5 Å². The van der Waals surface area contributed by atoms with Crippen LogP contribution in [0.2, 0.25) is 0 Å². The molecule has 0 saturated heterocycles. The third kappa shape index (κ3) is 49.6. The fraction of sp³-hybridized carbons (Fsp3) is 0.707. The van der Waals surface area contributed by atoms with Gasteiger partial charge in [-0.2, -0.15) is 0 Å². The lowest BCUT2D eigenvalue weighted by atomic mass is 10.1. The number of esters is 3. The molecule has 6 nitrogen and oxygen atoms in total. The molecule has 0 spiro atoms. The van der Waals surface area contributed by atoms with Crippen LogP contribution in [-0.2, 0) is 28.6 Å². The van der Waals surface area contributed by atoms with Crippen molar-refractivity contribution >= 4 is 17.9 Å². The summed E-state index contributed by atoms with van der Waals surface area (Å²) < 4.78 is 16.8. The maximum atomic E-state index is 12.8. The van der Waals surface area contributed by atoms with Gasteiger partial charge in [0.1, 0.15) is 13.2 Å². The molecule has 0 saturated carbocycles. The van der Waals surface area contributed by atoms with Gasteiger partial charge in [0.15, 0.2) is 6.10 Å². The van der Waals surface area contributed by atoms with E-state index >= 15 is 0 Å². The van der Waals surface area contributed by atoms with Crippen molar-refractivity contribution in [3.63, 3.8) is 0 Å². The van der Waals surface area contributed by atoms with Gasteiger partial charge in [0, 0.05) is 19.3 Å². The van der Waals surface area contributed by atoms with Gasteiger partial charge in [-0.05, 0) is 116 Å². The molecule has 0 rings (SSSR count). The molecule has 1 atom stereocenters. The Morgan fingerprint density at radius 2 is 0.609 bits per heavy atom. The van der Waals surface area contributed by atoms with E-state index in [-0.39, 0.29) is 31.1 Å². The summed E-state index contributed by atoms with van der Waals surface area (Å²) in [5.74, 6) is -0.948. The molecule has 0 aliphatic heterocycles. The number of hydrogen-bond acceptors (Lipinski definition) is 6. The SMILES string of the molecule is CC/C=C\C/C=C\C/C=C\CCCCCC(=O)OCC(COC(=O)CCCCCCCCC/C=C\C/C=C\CCCCCC)OC(=O)CCCCCCC/C=C\C/C=C\CCCCC. The molecule has 0 aromatic heterocycles. The van der Waals surface area contributed by atoms with E-state index in [1.807, 2.05) is 0 Å². The van der Waals surface area contributed by atoms with Gasteiger partial charge in [0.2, 0.25) is 0 Å². The summed E-state index contributed by atoms with van der Waals surface area (Å²) in [6.07, 6.45) is 67.1. The molecule has 6 heteroatoms. The predicted molar refractivity (Wildman–Crippen MR) is 274 cm³/mol. The van der Waals surface area contributed by atoms with E-state index in [0.717, 1.165) is 122 Å². The van der Waals surface area contributed by atoms with Crippen molar-refractivity contribution in [3.05, 3.63) is 85.1 Å². The molecule has 0 aliphatic carbocycles. The van der Waals surface area contributed by atoms with E-state index in [4.69, 9.17) is 14.2 Å². The zero-order valence-corrected chi connectivity index (χ0v) is 41.8. The monoisotopic (exact) mass is 891 g/mol. The summed E-state index contributed by atoms with van der Waals surface area (Å²) in [6, 6.07) is 0. The van der Waals surface area contributed by atoms with E-state index in [9.17, 15) is 14.4 Å². The first kappa shape index (κ1) is 60.6. The maximum Gasteiger partial charge on any atom is 0.306 e. The number of unbranched alkanes of at least 4 members (excludes halogenated alkanes) is 22. The van der Waals surface area contributed by atoms with Crippen molar-refractivity contribution in [2.24, 2.45) is 0 Å². The van der Waals surface area contributed by atoms with Crippen molar-refractivity contribution in [1.29, 1.82) is 0 Å². The fourth-order valence-electron chi connectivity index (χ4n) is 7.10. The molecule has 0 aromatic rings. The Hall–Kier alpha value is -3.41. The highest BCUT2D eigenvalue weighted by molar-refractivity contribution is 5.71. The van der Waals surface area contributed by atoms with Crippen molar-refractivity contribution in [2.75, 3.05) is 13.2 Å². The first-order valence-electron chi connectivity index (χ1n) is 26.6. The molecule has 0 bridgehead atoms. The molecule has 64 heavy (non-hydrogen) atoms. The molecular weight excluding hydrogens is 793 g/mol. The summed E-state index contributed by atoms with van der Waals surface area (Å²) >= 11 is 0. The fourth-order valence-corrected chi connectivity index (χ4v) is 7.10. The largest absolute Gasteiger partial charge is 0.462 e. The van der Waals surface area contributed by atoms with Crippen LogP contribution in [0.15, 0.2) is 85.1 Å². The van der Waals surface area contributed by atoms with E-state index in [2.05, 4.69) is 106 Å². The normalized spacial score (nSPS) is 12.7. The molecule has 0 radical (unpaired) electrons. The van der Waals surface area contributed by atoms with Crippen LogP contribution in [0.4, 0.5) is 0 Å². The molecule has 366 valence electrons. The Kier molecular flexibility index (Phi) is 49.4. The minimum absolute atomic E-state index is 0.0965. The van der Waals surface area contributed by atoms with Gasteiger partial charge >= 0.3 is 17.9 Å². The van der Waals surface area contributed by atoms with Crippen LogP contribution in [-0.4, -0.2) is 37.2 Å². The van der Waals surface area contributed by atoms with Gasteiger partial charge in [0.05, 0.1) is 0 Å². The van der Waals surface area contributed by atoms with Gasteiger partial charge in [-0.3, -0.25) is 14.4 Å². The molecule has 0 aromatic carbocycles. The Morgan fingerprint density at radius 3 is 1.00 bits per heavy atom. The highest BCUT2D eigenvalue weighted by atomic mass is 16.6. The molecule has 1 unspecified atom stereocenters. The average Bonchev–Trinajstić information content (AvgIpc) is 3.29. The van der Waals surface area contributed by atoms with E-state index in [0.29, 0.717) is 19.3 Å². The van der Waals surface area contributed by atoms with Crippen LogP contribution >= 0.6 is 0 Å². The van der Waals surface area contributed by atoms with Gasteiger partial charge in [-0.15, -0.1) is 0 Å². The summed E-state index contributed by atoms with van der Waals surface area (Å²) in [7, 11) is 0. The van der Waals surface area contributed by atoms with Crippen LogP contribution < -0.4 is 0 Å². The quantitative estimate of drug-likeness (QED) is 0.0262. The van der Waals surface area contributed by atoms with Crippen molar-refractivity contribution in [2.45, 2.75) is 252 Å². The summed E-state index contributed by atoms with van der Waals surface area (Å²) in [4.78, 5) is 38.0. The molecule has 0 fully saturated rings. The lowest BCUT2D eigenvalue weighted by Crippen LogP contribution is -2.30. The van der Waals surface area contributed by atoms with Crippen molar-refractivity contribution in [1.82, 2.24) is 0 Å². The second-order valence-electron chi connectivity index (χ2n) is 17.4. The molecule has 0 amide bonds. The maximum absolute atomic E-state index is 12.8. The lowest BCUT2D eigenvalue weighted by Gasteiger charge is -2.18. The first-order valence-corrected chi connectivity index (χ1v) is 26.6. The number of allylic oxidation sites excluding steroid dienone is 14. The lowest BCUT2D eigenvalue weighted by molar-refractivity contribution is -0.167. The van der Waals surface area contributed by atoms with Crippen molar-refractivity contribution in [3.8, 4) is 0 Å². The molecule has 0 heterocycles. The highest BCUT2D eigenvalue weighted by Crippen LogP contribution is 2.13. The smallest absolute Gasteiger partial charge is 0.306 e. The minimum Gasteiger partial charge on any atom is -0.462 e. The Bertz CT molecular complexity index is 1250. The Balaban J connectivity index is 4.44. The Labute approximate surface area is 395 Å². The molecular formula is C58H98O6. The predicted octanol–water partition coefficient (Wildman–Crippen LogP) is 17.6. The van der Waals surface area contributed by atoms with Gasteiger partial charge in [0.25, 0.3) is 0 Å². The standard InChI is InChI=1S/C58H98O6/c1-4-7-10-13-16-19-22-25-27-28-29-31-33-36-39-42-45-48-51-57(60)63-54-55(53-62-56(59)50-47-44-41-38-35-32-24-21-18-15-12-9-6-3)64-58(61)52-49-46-43-40-37-34-30-26-23-20-17-14-11-8-5-2/h9,12,17-22,26-28,30,32,35,55H,4-8,10-11,13-16,23-25,29,31,33-34,36-54H2,1-3H3/b12-9-,20-17-,21-18-,22-19-,28-27-,30-26-,35-32-. The average molecular weight is 891 g/mol. The number of ether oxygens (including phenoxy) is 3. The zero-order chi connectivity index (χ0) is 46.5. The summed E-state index contributed by atoms with van der Waals surface area (Å²) in [5.41, 5.74) is 0. The van der Waals surface area contributed by atoms with Crippen LogP contribution in [0.3, 0.4) is 0 Å². The number of hydrogen-bond donors (Lipinski definition) is 0. The number of carbonyl (C=O) groups is 3. The van der Waals surface area contributed by atoms with Gasteiger partial charge in [-0.25, -0.2) is 0 Å². The Morgan fingerprint density at radius 1 is 0.328 bits per heavy atom. The van der Waals surface area contributed by atoms with E-state index in [1.54, 1.807) is 0 Å². The number of carbonyl (C=O) groups excluding carboxylic acids is 3. The van der Waals surface area contributed by atoms with Crippen molar-refractivity contribution < 1.29 is 28.6 Å². The highest BCUT2D eigenvalue weighted by Gasteiger charge is 2.19. The van der Waals surface area contributed by atoms with E-state index < -0.39 is 6.10 Å². The topological polar surface area (TPSA) is 78.9 Å². The summed E-state index contributed by atoms with van der Waals surface area (Å²) in [5, 5.41) is 0. The molecule has 0 aliphatic rings.